The van der Waals surface area contributed by atoms with Gasteiger partial charge in [0.1, 0.15) is 26.4 Å². The van der Waals surface area contributed by atoms with Crippen LogP contribution in [0.2, 0.25) is 0 Å². The molecule has 39 heteroatoms. The Morgan fingerprint density at radius 3 is 0.763 bits per heavy atom. The second-order valence-electron chi connectivity index (χ2n) is 23.4. The molecule has 0 aromatic heterocycles. The molecule has 0 aliphatic carbocycles. The monoisotopic (exact) mass is 1950 g/mol. The Labute approximate surface area is 1060 Å². The second kappa shape index (κ2) is 71.3. The van der Waals surface area contributed by atoms with Crippen LogP contribution in [0.5, 0.6) is 0 Å². The SMILES string of the molecule is C=CC(=O)OCCCCOC(=O)C(C(=O)OCCCCOC(=O)C=C)=C1Sc2[c-]cc[c-]c2S1.[C-]#[N+]/C(C(=O)OCCCCOC(=O)C=C)=C1/Sc2[c-]cc(C(C)(C)C)[c-]c2S1.[C-]#[N+]/C(C(=O)OCCOC(=O)C=C)=C1/Sc2[c-]cc(C(C)(C)C)[c-]c2S1.[C-]#[N+]C(C(=O)OCCOC(=O)C=C)=C1Sc2[c-]cc[c-]c2S1.[K+].[K+].[K+].[K+].[K+].[K+].[K+].[K+]. The van der Waals surface area contributed by atoms with E-state index >= 15 is 0 Å². The van der Waals surface area contributed by atoms with Crippen LogP contribution in [-0.2, 0) is 106 Å². The molecular formula is C79H71K8N3O20S8. The summed E-state index contributed by atoms with van der Waals surface area (Å²) in [6, 6.07) is 35.9. The summed E-state index contributed by atoms with van der Waals surface area (Å²) in [5.74, 6) is -6.42. The maximum absolute atomic E-state index is 12.8. The Kier molecular flexibility index (Phi) is 77.2. The van der Waals surface area contributed by atoms with Gasteiger partial charge in [-0.25, -0.2) is 77.5 Å². The van der Waals surface area contributed by atoms with E-state index in [2.05, 4.69) is 142 Å². The average Bonchev–Trinajstić information content (AvgIpc) is 1.68. The number of nitrogens with zero attached hydrogens (tertiary/aromatic N) is 3. The maximum atomic E-state index is 12.8. The molecule has 8 rings (SSSR count). The molecule has 0 amide bonds. The first-order valence-corrected chi connectivity index (χ1v) is 39.3. The van der Waals surface area contributed by atoms with Gasteiger partial charge in [-0.3, -0.25) is 61.9 Å². The number of carbonyl (C=O) groups excluding carboxylic acids is 10. The number of ether oxygens (including phenoxy) is 10. The molecule has 0 atom stereocenters. The zero-order chi connectivity index (χ0) is 80.8. The van der Waals surface area contributed by atoms with E-state index in [1.165, 1.54) is 94.1 Å². The number of esters is 10. The zero-order valence-electron chi connectivity index (χ0n) is 68.5. The van der Waals surface area contributed by atoms with Crippen LogP contribution in [-0.4, -0.2) is 126 Å². The molecule has 0 spiro atoms. The molecular weight excluding hydrogens is 1880 g/mol. The summed E-state index contributed by atoms with van der Waals surface area (Å²) in [7, 11) is 0. The molecule has 4 aromatic carbocycles. The van der Waals surface area contributed by atoms with Crippen molar-refractivity contribution in [1.29, 1.82) is 0 Å². The molecule has 4 heterocycles. The molecule has 4 aliphatic heterocycles. The van der Waals surface area contributed by atoms with Crippen LogP contribution in [0.15, 0.2) is 178 Å². The van der Waals surface area contributed by atoms with Crippen molar-refractivity contribution in [2.75, 3.05) is 66.1 Å². The number of rotatable bonds is 31. The summed E-state index contributed by atoms with van der Waals surface area (Å²) in [6.45, 7) is 51.3. The van der Waals surface area contributed by atoms with E-state index in [9.17, 15) is 47.9 Å². The molecule has 0 unspecified atom stereocenters. The van der Waals surface area contributed by atoms with Gasteiger partial charge in [-0.05, 0) is 38.5 Å². The minimum Gasteiger partial charge on any atom is -0.471 e. The fraction of sp³-hybridized carbons (Fsp3) is 0.304. The van der Waals surface area contributed by atoms with Crippen LogP contribution in [0.25, 0.3) is 14.5 Å². The van der Waals surface area contributed by atoms with E-state index in [4.69, 9.17) is 62.3 Å². The molecule has 23 nitrogen and oxygen atoms in total. The van der Waals surface area contributed by atoms with E-state index in [1.54, 1.807) is 24.3 Å². The van der Waals surface area contributed by atoms with Crippen molar-refractivity contribution < 1.29 is 506 Å². The Morgan fingerprint density at radius 2 is 0.517 bits per heavy atom. The van der Waals surface area contributed by atoms with Gasteiger partial charge < -0.3 is 95.9 Å². The normalized spacial score (nSPS) is 12.4. The second-order valence-corrected chi connectivity index (χ2v) is 32.6. The maximum Gasteiger partial charge on any atom is 1.00 e. The van der Waals surface area contributed by atoms with Gasteiger partial charge in [-0.2, -0.15) is 104 Å². The Bertz CT molecular complexity index is 4350. The van der Waals surface area contributed by atoms with Crippen molar-refractivity contribution in [3.05, 3.63) is 233 Å². The van der Waals surface area contributed by atoms with Crippen LogP contribution < -0.4 is 411 Å². The van der Waals surface area contributed by atoms with Crippen LogP contribution in [0, 0.1) is 68.2 Å². The summed E-state index contributed by atoms with van der Waals surface area (Å²) in [5, 5.41) is 0. The molecule has 0 bridgehead atoms. The first kappa shape index (κ1) is 128. The van der Waals surface area contributed by atoms with Crippen molar-refractivity contribution in [3.63, 3.8) is 0 Å². The molecule has 0 saturated carbocycles. The number of unbranched alkanes of at least 4 members (excludes halogenated alkanes) is 3. The summed E-state index contributed by atoms with van der Waals surface area (Å²) in [5.41, 5.74) is 1.53. The summed E-state index contributed by atoms with van der Waals surface area (Å²) in [4.78, 5) is 133. The number of hydrogen-bond acceptors (Lipinski definition) is 28. The molecule has 4 aliphatic rings. The predicted molar refractivity (Wildman–Crippen MR) is 417 cm³/mol. The fourth-order valence-electron chi connectivity index (χ4n) is 7.79. The molecule has 0 N–H and O–H groups in total. The van der Waals surface area contributed by atoms with Crippen molar-refractivity contribution in [3.8, 4) is 0 Å². The first-order chi connectivity index (χ1) is 52.6. The quantitative estimate of drug-likeness (QED) is 0.00661. The van der Waals surface area contributed by atoms with Gasteiger partial charge in [0.05, 0.1) is 59.4 Å². The molecule has 0 radical (unpaired) electrons. The number of carbonyl (C=O) groups is 10. The van der Waals surface area contributed by atoms with Gasteiger partial charge in [-0.15, -0.1) is 0 Å². The molecule has 118 heavy (non-hydrogen) atoms. The van der Waals surface area contributed by atoms with Crippen molar-refractivity contribution in [2.24, 2.45) is 0 Å². The van der Waals surface area contributed by atoms with E-state index in [0.717, 1.165) is 80.7 Å². The van der Waals surface area contributed by atoms with Crippen LogP contribution >= 0.6 is 94.1 Å². The van der Waals surface area contributed by atoms with E-state index < -0.39 is 59.7 Å². The van der Waals surface area contributed by atoms with Crippen LogP contribution in [0.1, 0.15) is 91.2 Å². The third kappa shape index (κ3) is 47.3. The summed E-state index contributed by atoms with van der Waals surface area (Å²) >= 11 is 10.4. The number of thioether (sulfide) groups is 8. The number of benzene rings is 4. The van der Waals surface area contributed by atoms with Gasteiger partial charge in [0, 0.05) is 47.3 Å². The molecule has 578 valence electrons. The number of hydrogen-bond donors (Lipinski definition) is 0. The molecule has 0 fully saturated rings. The number of fused-ring (bicyclic) bond motifs is 4. The third-order valence-corrected chi connectivity index (χ3v) is 23.1. The minimum atomic E-state index is -0.796. The minimum absolute atomic E-state index is 0. The van der Waals surface area contributed by atoms with Gasteiger partial charge in [0.15, 0.2) is 5.57 Å². The van der Waals surface area contributed by atoms with Crippen molar-refractivity contribution in [1.82, 2.24) is 0 Å². The average molecular weight is 1950 g/mol. The standard InChI is InChI=1S/C24H24O8S2.C21H21NO4S2.C19H17NO4S2.C15H9NO4S2.8K/c1-3-19(25)29-13-7-9-15-31-22(27)21(24-33-17-11-5-6-12-18(17)34-24)23(28)32-16-10-8-14-30-20(26)4-2;1-6-17(23)25-11-7-8-12-26-19(24)18(22-5)20-27-15-10-9-14(21(2,3)4)13-16(15)28-20;1-6-15(21)23-9-10-24-17(22)16(20-5)18-25-13-8-7-12(19(2,3)4)11-14(13)26-18;1-3-12(17)19-8-9-20-14(18)13(16-2)15-21-10-6-4-5-7-11(10)22-15;;;;;;;;/h3-6H,1-2,7-10,13-16H2;6,9H,1,7-8,11-12H2,2-4H3;6-7H,1,9-10H2,2-4H3;3-5H,1,8-9H2;;;;;;;;/q4*-2;8*+1/b;20-18-;18-16-;;;;;;;;;. The van der Waals surface area contributed by atoms with E-state index in [-0.39, 0.29) is 511 Å². The summed E-state index contributed by atoms with van der Waals surface area (Å²) in [6.07, 6.45) is 8.24. The molecule has 4 aromatic rings. The van der Waals surface area contributed by atoms with Gasteiger partial charge in [0.25, 0.3) is 17.1 Å². The van der Waals surface area contributed by atoms with E-state index in [0.29, 0.717) is 55.5 Å². The van der Waals surface area contributed by atoms with Crippen molar-refractivity contribution in [2.45, 2.75) is 130 Å². The Morgan fingerprint density at radius 1 is 0.314 bits per heavy atom. The Balaban J connectivity index is -0.000000725. The van der Waals surface area contributed by atoms with Gasteiger partial charge in [-0.1, -0.05) is 85.3 Å². The zero-order valence-corrected chi connectivity index (χ0v) is 100.0. The predicted octanol–water partition coefficient (Wildman–Crippen LogP) is -8.25. The fourth-order valence-corrected chi connectivity index (χ4v) is 17.1. The topological polar surface area (TPSA) is 276 Å². The van der Waals surface area contributed by atoms with E-state index in [1.807, 2.05) is 12.1 Å². The molecule has 0 saturated heterocycles. The van der Waals surface area contributed by atoms with Gasteiger partial charge >= 0.3 is 471 Å². The van der Waals surface area contributed by atoms with Crippen molar-refractivity contribution >= 4 is 154 Å². The van der Waals surface area contributed by atoms with Gasteiger partial charge in [0.2, 0.25) is 0 Å². The Hall–Kier alpha value is 3.60. The third-order valence-electron chi connectivity index (χ3n) is 13.3. The largest absolute Gasteiger partial charge is 1.00 e. The summed E-state index contributed by atoms with van der Waals surface area (Å²) < 4.78 is 51.8. The van der Waals surface area contributed by atoms with Crippen LogP contribution in [0.4, 0.5) is 0 Å². The smallest absolute Gasteiger partial charge is 0.471 e. The van der Waals surface area contributed by atoms with Crippen LogP contribution in [0.3, 0.4) is 0 Å². The first-order valence-electron chi connectivity index (χ1n) is 32.8.